The van der Waals surface area contributed by atoms with Crippen LogP contribution in [-0.4, -0.2) is 19.1 Å². The lowest BCUT2D eigenvalue weighted by Crippen LogP contribution is -1.97. The van der Waals surface area contributed by atoms with Gasteiger partial charge in [0, 0.05) is 49.6 Å². The molecule has 12 aromatic rings. The van der Waals surface area contributed by atoms with Crippen LogP contribution in [0.4, 0.5) is 0 Å². The Balaban J connectivity index is 0.838. The fourth-order valence-electron chi connectivity index (χ4n) is 9.37. The Morgan fingerprint density at radius 2 is 0.698 bits per heavy atom. The highest BCUT2D eigenvalue weighted by atomic mass is 15.0. The number of rotatable bonds is 7. The van der Waals surface area contributed by atoms with E-state index in [1.807, 2.05) is 12.1 Å². The number of hydrogen-bond acceptors (Lipinski definition) is 2. The first-order chi connectivity index (χ1) is 31.1. The van der Waals surface area contributed by atoms with Crippen molar-refractivity contribution in [3.05, 3.63) is 230 Å². The predicted octanol–water partition coefficient (Wildman–Crippen LogP) is 15.3. The first-order valence-corrected chi connectivity index (χ1v) is 21.5. The number of fused-ring (bicyclic) bond motifs is 6. The summed E-state index contributed by atoms with van der Waals surface area (Å²) < 4.78 is 4.79. The molecule has 0 N–H and O–H groups in total. The predicted molar refractivity (Wildman–Crippen MR) is 263 cm³/mol. The number of aromatic nitrogens is 4. The molecule has 0 bridgehead atoms. The molecule has 0 unspecified atom stereocenters. The molecule has 3 heterocycles. The number of nitrogens with zero attached hydrogens (tertiary/aromatic N) is 4. The maximum Gasteiger partial charge on any atom is 0.160 e. The summed E-state index contributed by atoms with van der Waals surface area (Å²) in [7, 11) is 0. The van der Waals surface area contributed by atoms with Crippen LogP contribution < -0.4 is 0 Å². The summed E-state index contributed by atoms with van der Waals surface area (Å²) in [6.45, 7) is 2.11. The van der Waals surface area contributed by atoms with Crippen LogP contribution in [0.5, 0.6) is 0 Å². The zero-order valence-electron chi connectivity index (χ0n) is 34.7. The van der Waals surface area contributed by atoms with Crippen molar-refractivity contribution in [2.45, 2.75) is 6.92 Å². The van der Waals surface area contributed by atoms with Crippen molar-refractivity contribution in [2.75, 3.05) is 0 Å². The highest BCUT2D eigenvalue weighted by molar-refractivity contribution is 6.12. The van der Waals surface area contributed by atoms with Crippen molar-refractivity contribution >= 4 is 43.6 Å². The Kier molecular flexibility index (Phi) is 8.68. The third-order valence-corrected chi connectivity index (χ3v) is 12.5. The molecule has 4 heteroatoms. The van der Waals surface area contributed by atoms with E-state index in [1.54, 1.807) is 0 Å². The van der Waals surface area contributed by atoms with E-state index >= 15 is 0 Å². The molecule has 0 amide bonds. The highest BCUT2D eigenvalue weighted by Gasteiger charge is 2.17. The third kappa shape index (κ3) is 6.31. The van der Waals surface area contributed by atoms with Gasteiger partial charge in [-0.1, -0.05) is 170 Å². The number of aryl methyl sites for hydroxylation is 1. The van der Waals surface area contributed by atoms with E-state index in [1.165, 1.54) is 60.3 Å². The molecule has 0 radical (unpaired) electrons. The van der Waals surface area contributed by atoms with Crippen LogP contribution in [0.15, 0.2) is 224 Å². The van der Waals surface area contributed by atoms with Crippen LogP contribution in [-0.2, 0) is 0 Å². The molecule has 0 aliphatic carbocycles. The fraction of sp³-hybridized carbons (Fsp3) is 0.0169. The van der Waals surface area contributed by atoms with Crippen molar-refractivity contribution in [1.29, 1.82) is 0 Å². The van der Waals surface area contributed by atoms with Crippen molar-refractivity contribution < 1.29 is 0 Å². The van der Waals surface area contributed by atoms with Crippen molar-refractivity contribution in [1.82, 2.24) is 19.1 Å². The Morgan fingerprint density at radius 1 is 0.302 bits per heavy atom. The van der Waals surface area contributed by atoms with Gasteiger partial charge in [-0.15, -0.1) is 0 Å². The SMILES string of the molecule is Cc1ccccc1-c1nc(-c2ccccc2)cc(-c2ccc(-c3ccc(-c4ccc(-n5c6ccccc6c6cc(-n7c8ccccc8c8ccccc87)ccc65)cc4)cc3)cc2)n1. The van der Waals surface area contributed by atoms with Gasteiger partial charge in [0.05, 0.1) is 33.5 Å². The summed E-state index contributed by atoms with van der Waals surface area (Å²) >= 11 is 0. The molecule has 0 spiro atoms. The number of benzene rings is 9. The lowest BCUT2D eigenvalue weighted by Gasteiger charge is -2.12. The molecule has 0 atom stereocenters. The molecule has 0 saturated carbocycles. The molecule has 12 rings (SSSR count). The number of para-hydroxylation sites is 3. The fourth-order valence-corrected chi connectivity index (χ4v) is 9.37. The van der Waals surface area contributed by atoms with Crippen LogP contribution in [0.3, 0.4) is 0 Å². The van der Waals surface area contributed by atoms with Crippen LogP contribution in [0, 0.1) is 6.92 Å². The van der Waals surface area contributed by atoms with Gasteiger partial charge in [-0.25, -0.2) is 9.97 Å². The van der Waals surface area contributed by atoms with Crippen molar-refractivity contribution in [3.8, 4) is 67.5 Å². The largest absolute Gasteiger partial charge is 0.309 e. The van der Waals surface area contributed by atoms with Crippen molar-refractivity contribution in [3.63, 3.8) is 0 Å². The molecule has 4 nitrogen and oxygen atoms in total. The zero-order valence-corrected chi connectivity index (χ0v) is 34.7. The molecular weight excluding hydrogens is 765 g/mol. The summed E-state index contributed by atoms with van der Waals surface area (Å²) in [6, 6.07) is 80.4. The second kappa shape index (κ2) is 15.0. The quantitative estimate of drug-likeness (QED) is 0.161. The Labute approximate surface area is 365 Å². The van der Waals surface area contributed by atoms with Gasteiger partial charge in [-0.2, -0.15) is 0 Å². The monoisotopic (exact) mass is 804 g/mol. The van der Waals surface area contributed by atoms with Crippen molar-refractivity contribution in [2.24, 2.45) is 0 Å². The van der Waals surface area contributed by atoms with Crippen LogP contribution in [0.25, 0.3) is 111 Å². The molecular formula is C59H40N4. The van der Waals surface area contributed by atoms with Gasteiger partial charge in [-0.05, 0) is 89.3 Å². The Bertz CT molecular complexity index is 3600. The van der Waals surface area contributed by atoms with E-state index in [9.17, 15) is 0 Å². The van der Waals surface area contributed by atoms with E-state index < -0.39 is 0 Å². The summed E-state index contributed by atoms with van der Waals surface area (Å²) in [5.41, 5.74) is 17.9. The van der Waals surface area contributed by atoms with Crippen LogP contribution in [0.2, 0.25) is 0 Å². The maximum absolute atomic E-state index is 5.08. The minimum absolute atomic E-state index is 0.734. The smallest absolute Gasteiger partial charge is 0.160 e. The average Bonchev–Trinajstić information content (AvgIpc) is 3.87. The van der Waals surface area contributed by atoms with E-state index in [0.29, 0.717) is 0 Å². The average molecular weight is 805 g/mol. The summed E-state index contributed by atoms with van der Waals surface area (Å²) in [5.74, 6) is 0.734. The summed E-state index contributed by atoms with van der Waals surface area (Å²) in [4.78, 5) is 10.1. The topological polar surface area (TPSA) is 35.6 Å². The van der Waals surface area contributed by atoms with Crippen LogP contribution >= 0.6 is 0 Å². The molecule has 3 aromatic heterocycles. The minimum atomic E-state index is 0.734. The second-order valence-corrected chi connectivity index (χ2v) is 16.3. The van der Waals surface area contributed by atoms with Gasteiger partial charge in [0.1, 0.15) is 0 Å². The van der Waals surface area contributed by atoms with Gasteiger partial charge in [-0.3, -0.25) is 0 Å². The number of hydrogen-bond donors (Lipinski definition) is 0. The Morgan fingerprint density at radius 3 is 1.25 bits per heavy atom. The molecule has 0 fully saturated rings. The van der Waals surface area contributed by atoms with Gasteiger partial charge < -0.3 is 9.13 Å². The molecule has 296 valence electrons. The zero-order chi connectivity index (χ0) is 41.9. The maximum atomic E-state index is 5.08. The molecule has 9 aromatic carbocycles. The normalized spacial score (nSPS) is 11.6. The van der Waals surface area contributed by atoms with E-state index in [2.05, 4.69) is 228 Å². The van der Waals surface area contributed by atoms with Crippen LogP contribution in [0.1, 0.15) is 5.56 Å². The lowest BCUT2D eigenvalue weighted by molar-refractivity contribution is 1.17. The van der Waals surface area contributed by atoms with Gasteiger partial charge in [0.15, 0.2) is 5.82 Å². The second-order valence-electron chi connectivity index (χ2n) is 16.3. The lowest BCUT2D eigenvalue weighted by atomic mass is 9.98. The third-order valence-electron chi connectivity index (χ3n) is 12.5. The highest BCUT2D eigenvalue weighted by Crippen LogP contribution is 2.38. The minimum Gasteiger partial charge on any atom is -0.309 e. The molecule has 0 aliphatic heterocycles. The first-order valence-electron chi connectivity index (χ1n) is 21.5. The molecule has 63 heavy (non-hydrogen) atoms. The standard InChI is InChI=1S/C59H40N4/c1-39-13-5-6-16-48(39)59-60-53(44-14-3-2-4-15-44)38-54(61-59)45-29-27-42(28-30-45)40-23-25-41(26-24-40)43-31-33-46(34-32-43)62-57-22-12-9-19-51(57)52-37-47(35-36-58(52)62)63-55-20-10-7-17-49(55)50-18-8-11-21-56(50)63/h2-38H,1H3. The summed E-state index contributed by atoms with van der Waals surface area (Å²) in [5, 5.41) is 5.01. The van der Waals surface area contributed by atoms with Gasteiger partial charge in [0.2, 0.25) is 0 Å². The molecule has 0 aliphatic rings. The summed E-state index contributed by atoms with van der Waals surface area (Å²) in [6.07, 6.45) is 0. The van der Waals surface area contributed by atoms with E-state index in [0.717, 1.165) is 56.4 Å². The molecule has 0 saturated heterocycles. The Hall–Kier alpha value is -8.34. The van der Waals surface area contributed by atoms with Gasteiger partial charge in [0.25, 0.3) is 0 Å². The first kappa shape index (κ1) is 36.5. The van der Waals surface area contributed by atoms with E-state index in [-0.39, 0.29) is 0 Å². The van der Waals surface area contributed by atoms with Gasteiger partial charge >= 0.3 is 0 Å². The van der Waals surface area contributed by atoms with E-state index in [4.69, 9.17) is 9.97 Å².